The van der Waals surface area contributed by atoms with Crippen LogP contribution in [0.3, 0.4) is 0 Å². The highest BCUT2D eigenvalue weighted by Crippen LogP contribution is 2.33. The number of rotatable bonds is 9. The van der Waals surface area contributed by atoms with Crippen LogP contribution in [0.25, 0.3) is 0 Å². The number of anilines is 1. The number of hydrogen-bond donors (Lipinski definition) is 2. The third-order valence-electron chi connectivity index (χ3n) is 3.38. The number of nitrogens with one attached hydrogen (secondary N) is 2. The maximum absolute atomic E-state index is 12.0. The molecule has 0 radical (unpaired) electrons. The number of nitrogens with zero attached hydrogens (tertiary/aromatic N) is 1. The average molecular weight is 297 g/mol. The van der Waals surface area contributed by atoms with Gasteiger partial charge in [-0.15, -0.1) is 0 Å². The molecule has 1 aliphatic carbocycles. The normalized spacial score (nSPS) is 15.2. The summed E-state index contributed by atoms with van der Waals surface area (Å²) in [7, 11) is -3.42. The van der Waals surface area contributed by atoms with Gasteiger partial charge < -0.3 is 5.32 Å². The molecule has 1 saturated carbocycles. The van der Waals surface area contributed by atoms with Crippen LogP contribution < -0.4 is 10.0 Å². The molecule has 1 fully saturated rings. The Labute approximate surface area is 121 Å². The van der Waals surface area contributed by atoms with E-state index >= 15 is 0 Å². The molecule has 0 atom stereocenters. The molecule has 1 aromatic heterocycles. The van der Waals surface area contributed by atoms with E-state index in [9.17, 15) is 8.42 Å². The Morgan fingerprint density at radius 2 is 2.10 bits per heavy atom. The second-order valence-electron chi connectivity index (χ2n) is 5.29. The van der Waals surface area contributed by atoms with E-state index < -0.39 is 10.0 Å². The molecule has 112 valence electrons. The molecule has 0 bridgehead atoms. The first-order valence-corrected chi connectivity index (χ1v) is 8.79. The minimum Gasteiger partial charge on any atom is -0.370 e. The summed E-state index contributed by atoms with van der Waals surface area (Å²) >= 11 is 0. The minimum atomic E-state index is -3.42. The van der Waals surface area contributed by atoms with Crippen molar-refractivity contribution in [2.24, 2.45) is 5.92 Å². The van der Waals surface area contributed by atoms with Crippen molar-refractivity contribution in [1.29, 1.82) is 0 Å². The molecule has 5 nitrogen and oxygen atoms in total. The zero-order chi connectivity index (χ0) is 14.4. The van der Waals surface area contributed by atoms with E-state index in [1.165, 1.54) is 19.0 Å². The molecule has 0 unspecified atom stereocenters. The first-order valence-electron chi connectivity index (χ1n) is 7.31. The first kappa shape index (κ1) is 15.3. The predicted octanol–water partition coefficient (Wildman–Crippen LogP) is 2.37. The van der Waals surface area contributed by atoms with Crippen molar-refractivity contribution < 1.29 is 8.42 Å². The third-order valence-corrected chi connectivity index (χ3v) is 4.83. The molecule has 1 aliphatic rings. The highest BCUT2D eigenvalue weighted by atomic mass is 32.2. The Balaban J connectivity index is 1.83. The van der Waals surface area contributed by atoms with E-state index in [-0.39, 0.29) is 4.90 Å². The molecule has 2 N–H and O–H groups in total. The fourth-order valence-electron chi connectivity index (χ4n) is 1.98. The quantitative estimate of drug-likeness (QED) is 0.687. The molecular formula is C14H23N3O2S. The topological polar surface area (TPSA) is 71.1 Å². The van der Waals surface area contributed by atoms with Gasteiger partial charge in [-0.1, -0.05) is 19.8 Å². The summed E-state index contributed by atoms with van der Waals surface area (Å²) in [5, 5.41) is 3.12. The van der Waals surface area contributed by atoms with Crippen molar-refractivity contribution in [2.75, 3.05) is 18.4 Å². The van der Waals surface area contributed by atoms with E-state index in [0.29, 0.717) is 12.4 Å². The zero-order valence-electron chi connectivity index (χ0n) is 11.9. The van der Waals surface area contributed by atoms with Crippen molar-refractivity contribution in [3.8, 4) is 0 Å². The largest absolute Gasteiger partial charge is 0.370 e. The fourth-order valence-corrected chi connectivity index (χ4v) is 3.00. The summed E-state index contributed by atoms with van der Waals surface area (Å²) in [6.07, 6.45) is 7.06. The molecule has 0 aliphatic heterocycles. The Bertz CT molecular complexity index is 510. The lowest BCUT2D eigenvalue weighted by atomic mass is 10.2. The number of pyridine rings is 1. The van der Waals surface area contributed by atoms with Crippen molar-refractivity contribution in [2.45, 2.75) is 43.9 Å². The Kier molecular flexibility index (Phi) is 5.37. The van der Waals surface area contributed by atoms with Crippen LogP contribution in [0.1, 0.15) is 39.0 Å². The zero-order valence-corrected chi connectivity index (χ0v) is 12.7. The van der Waals surface area contributed by atoms with E-state index in [1.807, 2.05) is 0 Å². The van der Waals surface area contributed by atoms with Gasteiger partial charge in [0.05, 0.1) is 0 Å². The highest BCUT2D eigenvalue weighted by Gasteiger charge is 2.21. The van der Waals surface area contributed by atoms with Crippen molar-refractivity contribution in [3.05, 3.63) is 18.3 Å². The van der Waals surface area contributed by atoms with Crippen LogP contribution in [-0.4, -0.2) is 26.5 Å². The van der Waals surface area contributed by atoms with Crippen molar-refractivity contribution >= 4 is 15.8 Å². The molecule has 0 aromatic carbocycles. The van der Waals surface area contributed by atoms with Crippen molar-refractivity contribution in [1.82, 2.24) is 9.71 Å². The van der Waals surface area contributed by atoms with Crippen LogP contribution in [0.15, 0.2) is 23.2 Å². The highest BCUT2D eigenvalue weighted by molar-refractivity contribution is 7.89. The Hall–Kier alpha value is -1.14. The van der Waals surface area contributed by atoms with E-state index in [0.717, 1.165) is 31.7 Å². The van der Waals surface area contributed by atoms with Gasteiger partial charge in [-0.25, -0.2) is 18.1 Å². The molecule has 0 spiro atoms. The number of hydrogen-bond acceptors (Lipinski definition) is 4. The number of aromatic nitrogens is 1. The lowest BCUT2D eigenvalue weighted by Gasteiger charge is -2.08. The van der Waals surface area contributed by atoms with Gasteiger partial charge in [0.2, 0.25) is 10.0 Å². The number of sulfonamides is 1. The van der Waals surface area contributed by atoms with Gasteiger partial charge in [-0.05, 0) is 37.3 Å². The van der Waals surface area contributed by atoms with E-state index in [2.05, 4.69) is 21.9 Å². The van der Waals surface area contributed by atoms with Crippen LogP contribution >= 0.6 is 0 Å². The molecule has 20 heavy (non-hydrogen) atoms. The third kappa shape index (κ3) is 4.76. The van der Waals surface area contributed by atoms with Gasteiger partial charge >= 0.3 is 0 Å². The van der Waals surface area contributed by atoms with Crippen LogP contribution in [-0.2, 0) is 10.0 Å². The van der Waals surface area contributed by atoms with Crippen LogP contribution in [0.2, 0.25) is 0 Å². The second kappa shape index (κ2) is 7.04. The maximum Gasteiger partial charge on any atom is 0.242 e. The van der Waals surface area contributed by atoms with E-state index in [1.54, 1.807) is 12.1 Å². The minimum absolute atomic E-state index is 0.228. The molecule has 1 aromatic rings. The monoisotopic (exact) mass is 297 g/mol. The predicted molar refractivity (Wildman–Crippen MR) is 80.2 cm³/mol. The maximum atomic E-state index is 12.0. The van der Waals surface area contributed by atoms with Crippen LogP contribution in [0.4, 0.5) is 5.82 Å². The van der Waals surface area contributed by atoms with Gasteiger partial charge in [0.15, 0.2) is 0 Å². The van der Waals surface area contributed by atoms with Gasteiger partial charge in [-0.2, -0.15) is 0 Å². The lowest BCUT2D eigenvalue weighted by Crippen LogP contribution is -2.25. The first-order chi connectivity index (χ1) is 9.62. The summed E-state index contributed by atoms with van der Waals surface area (Å²) < 4.78 is 26.7. The van der Waals surface area contributed by atoms with Gasteiger partial charge in [0.25, 0.3) is 0 Å². The molecule has 0 amide bonds. The molecule has 6 heteroatoms. The summed E-state index contributed by atoms with van der Waals surface area (Å²) in [6.45, 7) is 3.41. The average Bonchev–Trinajstić information content (AvgIpc) is 3.26. The van der Waals surface area contributed by atoms with Gasteiger partial charge in [0.1, 0.15) is 10.7 Å². The molecule has 1 heterocycles. The molecule has 2 rings (SSSR count). The smallest absolute Gasteiger partial charge is 0.242 e. The van der Waals surface area contributed by atoms with Gasteiger partial charge in [0, 0.05) is 19.3 Å². The van der Waals surface area contributed by atoms with Crippen LogP contribution in [0.5, 0.6) is 0 Å². The van der Waals surface area contributed by atoms with Gasteiger partial charge in [-0.3, -0.25) is 0 Å². The Morgan fingerprint density at radius 1 is 1.30 bits per heavy atom. The lowest BCUT2D eigenvalue weighted by molar-refractivity contribution is 0.572. The van der Waals surface area contributed by atoms with E-state index in [4.69, 9.17) is 0 Å². The second-order valence-corrected chi connectivity index (χ2v) is 7.06. The standard InChI is InChI=1S/C14H23N3O2S/c1-2-9-15-14-8-7-13(11-16-14)20(18,19)17-10-3-4-12-5-6-12/h7-8,11-12,17H,2-6,9-10H2,1H3,(H,15,16). The summed E-state index contributed by atoms with van der Waals surface area (Å²) in [5.74, 6) is 1.55. The summed E-state index contributed by atoms with van der Waals surface area (Å²) in [4.78, 5) is 4.35. The van der Waals surface area contributed by atoms with Crippen LogP contribution in [0, 0.1) is 5.92 Å². The summed E-state index contributed by atoms with van der Waals surface area (Å²) in [6, 6.07) is 3.29. The summed E-state index contributed by atoms with van der Waals surface area (Å²) in [5.41, 5.74) is 0. The SMILES string of the molecule is CCCNc1ccc(S(=O)(=O)NCCCC2CC2)cn1. The molecular weight excluding hydrogens is 274 g/mol. The Morgan fingerprint density at radius 3 is 2.70 bits per heavy atom. The fraction of sp³-hybridized carbons (Fsp3) is 0.643. The van der Waals surface area contributed by atoms with Crippen molar-refractivity contribution in [3.63, 3.8) is 0 Å². The molecule has 0 saturated heterocycles.